The summed E-state index contributed by atoms with van der Waals surface area (Å²) in [6.07, 6.45) is 3.37. The van der Waals surface area contributed by atoms with Gasteiger partial charge in [-0.3, -0.25) is 4.90 Å². The molecule has 2 saturated heterocycles. The number of aromatic nitrogens is 2. The second kappa shape index (κ2) is 7.14. The number of likely N-dealkylation sites (tertiary alicyclic amines) is 1. The molecule has 1 aromatic heterocycles. The van der Waals surface area contributed by atoms with Crippen LogP contribution in [-0.2, 0) is 4.74 Å². The molecule has 6 nitrogen and oxygen atoms in total. The topological polar surface area (TPSA) is 54.6 Å². The Morgan fingerprint density at radius 3 is 2.52 bits per heavy atom. The van der Waals surface area contributed by atoms with E-state index >= 15 is 0 Å². The fourth-order valence-electron chi connectivity index (χ4n) is 3.79. The molecular formula is C19H26N4O2. The molecule has 0 saturated carbocycles. The van der Waals surface area contributed by atoms with Crippen molar-refractivity contribution in [3.05, 3.63) is 30.2 Å². The zero-order valence-electron chi connectivity index (χ0n) is 15.0. The van der Waals surface area contributed by atoms with Crippen molar-refractivity contribution in [1.29, 1.82) is 0 Å². The molecule has 6 heteroatoms. The molecule has 4 rings (SSSR count). The lowest BCUT2D eigenvalue weighted by Gasteiger charge is -2.30. The second-order valence-electron chi connectivity index (χ2n) is 7.21. The molecule has 1 atom stereocenters. The molecule has 0 amide bonds. The molecule has 134 valence electrons. The number of ether oxygens (including phenoxy) is 1. The van der Waals surface area contributed by atoms with Crippen LogP contribution in [0.2, 0.25) is 0 Å². The van der Waals surface area contributed by atoms with E-state index < -0.39 is 0 Å². The molecule has 2 aliphatic rings. The number of nitrogens with zero attached hydrogens (tertiary/aromatic N) is 4. The maximum atomic E-state index is 6.00. The minimum absolute atomic E-state index is 0.352. The highest BCUT2D eigenvalue weighted by molar-refractivity contribution is 5.58. The van der Waals surface area contributed by atoms with Crippen LogP contribution in [0.4, 0.5) is 5.69 Å². The maximum Gasteiger partial charge on any atom is 0.247 e. The maximum absolute atomic E-state index is 6.00. The Labute approximate surface area is 148 Å². The number of hydrogen-bond donors (Lipinski definition) is 0. The summed E-state index contributed by atoms with van der Waals surface area (Å²) in [6.45, 7) is 3.91. The van der Waals surface area contributed by atoms with Gasteiger partial charge in [0.15, 0.2) is 0 Å². The molecule has 0 N–H and O–H groups in total. The first-order chi connectivity index (χ1) is 12.2. The Balaban J connectivity index is 1.42. The Kier molecular flexibility index (Phi) is 4.72. The van der Waals surface area contributed by atoms with Gasteiger partial charge in [0.1, 0.15) is 0 Å². The van der Waals surface area contributed by atoms with Crippen molar-refractivity contribution in [3.8, 4) is 11.5 Å². The first-order valence-corrected chi connectivity index (χ1v) is 9.13. The van der Waals surface area contributed by atoms with Crippen molar-refractivity contribution in [2.45, 2.75) is 31.2 Å². The van der Waals surface area contributed by atoms with Gasteiger partial charge in [0, 0.05) is 51.1 Å². The van der Waals surface area contributed by atoms with E-state index in [1.54, 1.807) is 0 Å². The smallest absolute Gasteiger partial charge is 0.247 e. The van der Waals surface area contributed by atoms with E-state index in [-0.39, 0.29) is 0 Å². The Morgan fingerprint density at radius 1 is 1.04 bits per heavy atom. The molecule has 3 heterocycles. The predicted molar refractivity (Wildman–Crippen MR) is 96.8 cm³/mol. The van der Waals surface area contributed by atoms with Crippen molar-refractivity contribution in [1.82, 2.24) is 15.1 Å². The zero-order valence-corrected chi connectivity index (χ0v) is 15.0. The van der Waals surface area contributed by atoms with Gasteiger partial charge in [0.2, 0.25) is 11.8 Å². The third-order valence-corrected chi connectivity index (χ3v) is 5.35. The summed E-state index contributed by atoms with van der Waals surface area (Å²) >= 11 is 0. The summed E-state index contributed by atoms with van der Waals surface area (Å²) < 4.78 is 11.5. The molecule has 25 heavy (non-hydrogen) atoms. The highest BCUT2D eigenvalue weighted by Crippen LogP contribution is 2.31. The lowest BCUT2D eigenvalue weighted by molar-refractivity contribution is 0.0417. The van der Waals surface area contributed by atoms with Gasteiger partial charge in [0.25, 0.3) is 0 Å². The van der Waals surface area contributed by atoms with E-state index in [9.17, 15) is 0 Å². The molecule has 2 aromatic rings. The number of anilines is 1. The Morgan fingerprint density at radius 2 is 1.80 bits per heavy atom. The first kappa shape index (κ1) is 16.5. The van der Waals surface area contributed by atoms with Crippen LogP contribution in [0.5, 0.6) is 0 Å². The number of benzene rings is 1. The quantitative estimate of drug-likeness (QED) is 0.852. The molecule has 0 radical (unpaired) electrons. The first-order valence-electron chi connectivity index (χ1n) is 9.13. The van der Waals surface area contributed by atoms with Crippen molar-refractivity contribution in [2.24, 2.45) is 0 Å². The Hall–Kier alpha value is -1.92. The number of hydrogen-bond acceptors (Lipinski definition) is 6. The summed E-state index contributed by atoms with van der Waals surface area (Å²) in [7, 11) is 4.06. The average molecular weight is 342 g/mol. The molecule has 0 bridgehead atoms. The van der Waals surface area contributed by atoms with Gasteiger partial charge >= 0.3 is 0 Å². The van der Waals surface area contributed by atoms with E-state index in [4.69, 9.17) is 9.15 Å². The molecular weight excluding hydrogens is 316 g/mol. The van der Waals surface area contributed by atoms with Crippen LogP contribution in [-0.4, -0.2) is 61.5 Å². The minimum atomic E-state index is 0.352. The fourth-order valence-corrected chi connectivity index (χ4v) is 3.79. The van der Waals surface area contributed by atoms with Crippen molar-refractivity contribution in [2.75, 3.05) is 45.3 Å². The van der Waals surface area contributed by atoms with Crippen molar-refractivity contribution in [3.63, 3.8) is 0 Å². The summed E-state index contributed by atoms with van der Waals surface area (Å²) in [5.41, 5.74) is 2.13. The molecule has 2 fully saturated rings. The third kappa shape index (κ3) is 3.55. The van der Waals surface area contributed by atoms with E-state index in [0.29, 0.717) is 17.9 Å². The average Bonchev–Trinajstić information content (AvgIpc) is 3.32. The van der Waals surface area contributed by atoms with Crippen LogP contribution >= 0.6 is 0 Å². The van der Waals surface area contributed by atoms with Gasteiger partial charge < -0.3 is 14.1 Å². The highest BCUT2D eigenvalue weighted by atomic mass is 16.5. The summed E-state index contributed by atoms with van der Waals surface area (Å²) in [5, 5.41) is 8.61. The van der Waals surface area contributed by atoms with Gasteiger partial charge in [-0.25, -0.2) is 0 Å². The van der Waals surface area contributed by atoms with Gasteiger partial charge in [-0.05, 0) is 50.1 Å². The summed E-state index contributed by atoms with van der Waals surface area (Å²) in [6, 6.07) is 8.87. The lowest BCUT2D eigenvalue weighted by Crippen LogP contribution is -2.37. The molecule has 2 aliphatic heterocycles. The normalized spacial score (nSPS) is 22.4. The van der Waals surface area contributed by atoms with E-state index in [1.807, 2.05) is 26.2 Å². The zero-order chi connectivity index (χ0) is 17.2. The van der Waals surface area contributed by atoms with Gasteiger partial charge in [-0.1, -0.05) is 0 Å². The predicted octanol–water partition coefficient (Wildman–Crippen LogP) is 2.77. The lowest BCUT2D eigenvalue weighted by atomic mass is 10.1. The van der Waals surface area contributed by atoms with E-state index in [1.165, 1.54) is 0 Å². The van der Waals surface area contributed by atoms with Crippen molar-refractivity contribution < 1.29 is 9.15 Å². The minimum Gasteiger partial charge on any atom is -0.420 e. The van der Waals surface area contributed by atoms with Crippen LogP contribution in [0.25, 0.3) is 11.5 Å². The molecule has 1 unspecified atom stereocenters. The monoisotopic (exact) mass is 342 g/mol. The second-order valence-corrected chi connectivity index (χ2v) is 7.21. The van der Waals surface area contributed by atoms with E-state index in [0.717, 1.165) is 62.7 Å². The largest absolute Gasteiger partial charge is 0.420 e. The van der Waals surface area contributed by atoms with Gasteiger partial charge in [-0.2, -0.15) is 0 Å². The van der Waals surface area contributed by atoms with Crippen LogP contribution in [0.15, 0.2) is 28.7 Å². The Bertz CT molecular complexity index is 692. The summed E-state index contributed by atoms with van der Waals surface area (Å²) in [4.78, 5) is 4.65. The standard InChI is InChI=1S/C19H26N4O2/c1-22(2)16-5-3-14(4-6-16)18-20-21-19(25-18)15-7-10-23(13-15)17-8-11-24-12-9-17/h3-6,15,17H,7-13H2,1-2H3. The van der Waals surface area contributed by atoms with Crippen LogP contribution in [0, 0.1) is 0 Å². The third-order valence-electron chi connectivity index (χ3n) is 5.35. The fraction of sp³-hybridized carbons (Fsp3) is 0.579. The SMILES string of the molecule is CN(C)c1ccc(-c2nnc(C3CCN(C4CCOCC4)C3)o2)cc1. The van der Waals surface area contributed by atoms with Gasteiger partial charge in [0.05, 0.1) is 5.92 Å². The van der Waals surface area contributed by atoms with Gasteiger partial charge in [-0.15, -0.1) is 10.2 Å². The van der Waals surface area contributed by atoms with E-state index in [2.05, 4.69) is 32.1 Å². The number of rotatable bonds is 4. The summed E-state index contributed by atoms with van der Waals surface area (Å²) in [5.74, 6) is 1.75. The molecule has 0 spiro atoms. The van der Waals surface area contributed by atoms with Crippen LogP contribution < -0.4 is 4.90 Å². The van der Waals surface area contributed by atoms with Crippen LogP contribution in [0.1, 0.15) is 31.1 Å². The van der Waals surface area contributed by atoms with Crippen molar-refractivity contribution >= 4 is 5.69 Å². The van der Waals surface area contributed by atoms with Crippen LogP contribution in [0.3, 0.4) is 0 Å². The molecule has 0 aliphatic carbocycles. The molecule has 1 aromatic carbocycles. The highest BCUT2D eigenvalue weighted by Gasteiger charge is 2.32.